The number of methoxy groups -OCH3 is 1. The average molecular weight is 463 g/mol. The Morgan fingerprint density at radius 2 is 1.75 bits per heavy atom. The highest BCUT2D eigenvalue weighted by atomic mass is 32.2. The van der Waals surface area contributed by atoms with E-state index in [0.29, 0.717) is 23.1 Å². The molecule has 2 N–H and O–H groups in total. The highest BCUT2D eigenvalue weighted by Crippen LogP contribution is 2.30. The van der Waals surface area contributed by atoms with E-state index in [1.54, 1.807) is 31.4 Å². The van der Waals surface area contributed by atoms with Crippen LogP contribution in [0, 0.1) is 17.7 Å². The fourth-order valence-corrected chi connectivity index (χ4v) is 5.39. The Labute approximate surface area is 189 Å². The lowest BCUT2D eigenvalue weighted by Gasteiger charge is -2.35. The van der Waals surface area contributed by atoms with Gasteiger partial charge in [-0.25, -0.2) is 17.5 Å². The smallest absolute Gasteiger partial charge is 0.241 e. The number of hydrogen-bond acceptors (Lipinski definition) is 4. The van der Waals surface area contributed by atoms with E-state index in [-0.39, 0.29) is 23.3 Å². The molecule has 1 aliphatic carbocycles. The molecule has 0 radical (unpaired) electrons. The summed E-state index contributed by atoms with van der Waals surface area (Å²) < 4.78 is 46.9. The molecule has 0 bridgehead atoms. The van der Waals surface area contributed by atoms with Crippen molar-refractivity contribution in [1.29, 1.82) is 0 Å². The van der Waals surface area contributed by atoms with Crippen LogP contribution in [-0.4, -0.2) is 27.5 Å². The lowest BCUT2D eigenvalue weighted by molar-refractivity contribution is -0.123. The molecule has 4 atom stereocenters. The standard InChI is InChI=1S/C24H31FN2O4S/c1-16-5-4-6-22(17(16)2)26-24(28)15-23(18-7-11-20(31-3)12-8-18)27-32(29,30)21-13-9-19(25)10-14-21/h7-14,16-17,22-23,27H,4-6,15H2,1-3H3,(H,26,28)/t16-,17-,22+,23-/m0/s1. The molecule has 1 aliphatic rings. The van der Waals surface area contributed by atoms with Crippen molar-refractivity contribution in [2.45, 2.75) is 56.5 Å². The van der Waals surface area contributed by atoms with Crippen LogP contribution in [0.15, 0.2) is 53.4 Å². The van der Waals surface area contributed by atoms with E-state index >= 15 is 0 Å². The quantitative estimate of drug-likeness (QED) is 0.616. The van der Waals surface area contributed by atoms with Gasteiger partial charge in [-0.05, 0) is 60.2 Å². The van der Waals surface area contributed by atoms with Gasteiger partial charge in [0.25, 0.3) is 0 Å². The zero-order chi connectivity index (χ0) is 23.3. The maximum Gasteiger partial charge on any atom is 0.241 e. The first-order valence-corrected chi connectivity index (χ1v) is 12.4. The molecule has 2 aromatic carbocycles. The number of ether oxygens (including phenoxy) is 1. The van der Waals surface area contributed by atoms with Gasteiger partial charge in [0.15, 0.2) is 0 Å². The normalized spacial score (nSPS) is 22.2. The minimum absolute atomic E-state index is 0.0512. The van der Waals surface area contributed by atoms with Crippen molar-refractivity contribution >= 4 is 15.9 Å². The molecular weight excluding hydrogens is 431 g/mol. The molecule has 0 heterocycles. The summed E-state index contributed by atoms with van der Waals surface area (Å²) in [6.45, 7) is 4.34. The number of amides is 1. The van der Waals surface area contributed by atoms with Gasteiger partial charge in [0, 0.05) is 12.5 Å². The predicted molar refractivity (Wildman–Crippen MR) is 121 cm³/mol. The molecule has 0 saturated heterocycles. The SMILES string of the molecule is COc1ccc([C@H](CC(=O)N[C@@H]2CCC[C@H](C)[C@@H]2C)NS(=O)(=O)c2ccc(F)cc2)cc1. The summed E-state index contributed by atoms with van der Waals surface area (Å²) in [5.41, 5.74) is 0.636. The molecule has 1 amide bonds. The number of carbonyl (C=O) groups is 1. The van der Waals surface area contributed by atoms with Crippen molar-refractivity contribution in [3.8, 4) is 5.75 Å². The Bertz CT molecular complexity index is 1010. The number of nitrogens with one attached hydrogen (secondary N) is 2. The van der Waals surface area contributed by atoms with Crippen molar-refractivity contribution in [3.05, 3.63) is 59.9 Å². The van der Waals surface area contributed by atoms with Crippen LogP contribution in [0.4, 0.5) is 4.39 Å². The van der Waals surface area contributed by atoms with Crippen LogP contribution in [-0.2, 0) is 14.8 Å². The van der Waals surface area contributed by atoms with E-state index in [4.69, 9.17) is 4.74 Å². The zero-order valence-electron chi connectivity index (χ0n) is 18.7. The monoisotopic (exact) mass is 462 g/mol. The first kappa shape index (κ1) is 24.2. The number of halogens is 1. The summed E-state index contributed by atoms with van der Waals surface area (Å²) >= 11 is 0. The molecule has 1 saturated carbocycles. The molecule has 6 nitrogen and oxygen atoms in total. The fourth-order valence-electron chi connectivity index (χ4n) is 4.17. The molecular formula is C24H31FN2O4S. The van der Waals surface area contributed by atoms with E-state index in [0.717, 1.165) is 31.4 Å². The van der Waals surface area contributed by atoms with Crippen LogP contribution in [0.3, 0.4) is 0 Å². The predicted octanol–water partition coefficient (Wildman–Crippen LogP) is 4.18. The molecule has 0 aromatic heterocycles. The van der Waals surface area contributed by atoms with Crippen molar-refractivity contribution < 1.29 is 22.3 Å². The van der Waals surface area contributed by atoms with Crippen LogP contribution in [0.5, 0.6) is 5.75 Å². The lowest BCUT2D eigenvalue weighted by Crippen LogP contribution is -2.45. The maximum absolute atomic E-state index is 13.2. The van der Waals surface area contributed by atoms with Crippen LogP contribution < -0.4 is 14.8 Å². The Hall–Kier alpha value is -2.45. The highest BCUT2D eigenvalue weighted by molar-refractivity contribution is 7.89. The van der Waals surface area contributed by atoms with E-state index in [2.05, 4.69) is 23.9 Å². The molecule has 3 rings (SSSR count). The van der Waals surface area contributed by atoms with Crippen molar-refractivity contribution in [2.75, 3.05) is 7.11 Å². The summed E-state index contributed by atoms with van der Waals surface area (Å²) in [5.74, 6) is 0.791. The average Bonchev–Trinajstić information content (AvgIpc) is 2.76. The summed E-state index contributed by atoms with van der Waals surface area (Å²) in [6, 6.07) is 10.8. The number of benzene rings is 2. The number of sulfonamides is 1. The van der Waals surface area contributed by atoms with Crippen molar-refractivity contribution in [1.82, 2.24) is 10.0 Å². The zero-order valence-corrected chi connectivity index (χ0v) is 19.5. The maximum atomic E-state index is 13.2. The van der Waals surface area contributed by atoms with Gasteiger partial charge in [-0.2, -0.15) is 0 Å². The third-order valence-electron chi connectivity index (χ3n) is 6.38. The Balaban J connectivity index is 1.80. The summed E-state index contributed by atoms with van der Waals surface area (Å²) in [5, 5.41) is 3.11. The van der Waals surface area contributed by atoms with Gasteiger partial charge in [-0.3, -0.25) is 4.79 Å². The summed E-state index contributed by atoms with van der Waals surface area (Å²) in [4.78, 5) is 12.9. The topological polar surface area (TPSA) is 84.5 Å². The first-order chi connectivity index (χ1) is 15.2. The summed E-state index contributed by atoms with van der Waals surface area (Å²) in [7, 11) is -2.42. The molecule has 0 unspecified atom stereocenters. The van der Waals surface area contributed by atoms with Crippen LogP contribution >= 0.6 is 0 Å². The molecule has 0 spiro atoms. The second-order valence-corrected chi connectivity index (χ2v) is 10.3. The lowest BCUT2D eigenvalue weighted by atomic mass is 9.78. The third kappa shape index (κ3) is 6.07. The van der Waals surface area contributed by atoms with Gasteiger partial charge < -0.3 is 10.1 Å². The fraction of sp³-hybridized carbons (Fsp3) is 0.458. The van der Waals surface area contributed by atoms with Gasteiger partial charge in [-0.15, -0.1) is 0 Å². The number of hydrogen-bond donors (Lipinski definition) is 2. The minimum atomic E-state index is -3.97. The molecule has 174 valence electrons. The first-order valence-electron chi connectivity index (χ1n) is 10.9. The van der Waals surface area contributed by atoms with Gasteiger partial charge in [0.05, 0.1) is 18.0 Å². The van der Waals surface area contributed by atoms with Gasteiger partial charge >= 0.3 is 0 Å². The molecule has 2 aromatic rings. The molecule has 1 fully saturated rings. The minimum Gasteiger partial charge on any atom is -0.497 e. The largest absolute Gasteiger partial charge is 0.497 e. The number of rotatable bonds is 8. The molecule has 8 heteroatoms. The van der Waals surface area contributed by atoms with Crippen LogP contribution in [0.25, 0.3) is 0 Å². The second-order valence-electron chi connectivity index (χ2n) is 8.55. The van der Waals surface area contributed by atoms with Crippen molar-refractivity contribution in [3.63, 3.8) is 0 Å². The van der Waals surface area contributed by atoms with Crippen LogP contribution in [0.1, 0.15) is 51.1 Å². The van der Waals surface area contributed by atoms with E-state index < -0.39 is 21.9 Å². The Kier molecular flexibility index (Phi) is 7.90. The van der Waals surface area contributed by atoms with E-state index in [1.807, 2.05) is 0 Å². The highest BCUT2D eigenvalue weighted by Gasteiger charge is 2.30. The Morgan fingerprint density at radius 1 is 1.09 bits per heavy atom. The second kappa shape index (κ2) is 10.4. The van der Waals surface area contributed by atoms with E-state index in [9.17, 15) is 17.6 Å². The summed E-state index contributed by atoms with van der Waals surface area (Å²) in [6.07, 6.45) is 3.09. The van der Waals surface area contributed by atoms with E-state index in [1.165, 1.54) is 12.1 Å². The van der Waals surface area contributed by atoms with Gasteiger partial charge in [-0.1, -0.05) is 38.8 Å². The Morgan fingerprint density at radius 3 is 2.38 bits per heavy atom. The molecule has 0 aliphatic heterocycles. The molecule has 32 heavy (non-hydrogen) atoms. The van der Waals surface area contributed by atoms with Crippen LogP contribution in [0.2, 0.25) is 0 Å². The van der Waals surface area contributed by atoms with Gasteiger partial charge in [0.1, 0.15) is 11.6 Å². The third-order valence-corrected chi connectivity index (χ3v) is 7.87. The van der Waals surface area contributed by atoms with Crippen molar-refractivity contribution in [2.24, 2.45) is 11.8 Å². The van der Waals surface area contributed by atoms with Gasteiger partial charge in [0.2, 0.25) is 15.9 Å². The number of carbonyl (C=O) groups excluding carboxylic acids is 1.